The third-order valence-corrected chi connectivity index (χ3v) is 39.3. The summed E-state index contributed by atoms with van der Waals surface area (Å²) in [4.78, 5) is 0. The molecule has 0 saturated heterocycles. The van der Waals surface area contributed by atoms with E-state index in [1.54, 1.807) is 22.3 Å². The van der Waals surface area contributed by atoms with Gasteiger partial charge in [0.1, 0.15) is 0 Å². The van der Waals surface area contributed by atoms with Crippen molar-refractivity contribution in [3.05, 3.63) is 238 Å². The van der Waals surface area contributed by atoms with Crippen LogP contribution in [0.15, 0.2) is 182 Å². The van der Waals surface area contributed by atoms with Crippen LogP contribution < -0.4 is 0 Å². The Bertz CT molecular complexity index is 3510. The predicted octanol–water partition coefficient (Wildman–Crippen LogP) is 20.9. The summed E-state index contributed by atoms with van der Waals surface area (Å²) >= 11 is -4.13. The molecular formula is C72H68Hf. The summed E-state index contributed by atoms with van der Waals surface area (Å²) in [5.41, 5.74) is 31.2. The molecule has 0 fully saturated rings. The Labute approximate surface area is 439 Å². The molecular weight excluding hydrogens is 1040 g/mol. The summed E-state index contributed by atoms with van der Waals surface area (Å²) < 4.78 is 3.39. The quantitative estimate of drug-likeness (QED) is 0.107. The molecule has 2 aliphatic rings. The molecule has 0 spiro atoms. The summed E-state index contributed by atoms with van der Waals surface area (Å²) in [6, 6.07) is 72.1. The van der Waals surface area contributed by atoms with Gasteiger partial charge in [0.2, 0.25) is 0 Å². The molecule has 0 nitrogen and oxygen atoms in total. The summed E-state index contributed by atoms with van der Waals surface area (Å²) in [5, 5.41) is 5.24. The Morgan fingerprint density at radius 2 is 0.658 bits per heavy atom. The van der Waals surface area contributed by atoms with Crippen molar-refractivity contribution >= 4 is 21.5 Å². The van der Waals surface area contributed by atoms with E-state index in [0.717, 1.165) is 0 Å². The van der Waals surface area contributed by atoms with Crippen LogP contribution in [0.1, 0.15) is 103 Å². The van der Waals surface area contributed by atoms with Crippen LogP contribution in [-0.4, -0.2) is 0 Å². The van der Waals surface area contributed by atoms with Crippen LogP contribution in [0.25, 0.3) is 88.3 Å². The van der Waals surface area contributed by atoms with E-state index in [2.05, 4.69) is 237 Å². The van der Waals surface area contributed by atoms with Gasteiger partial charge in [-0.15, -0.1) is 0 Å². The van der Waals surface area contributed by atoms with Crippen molar-refractivity contribution < 1.29 is 20.0 Å². The first-order chi connectivity index (χ1) is 35.6. The molecule has 0 radical (unpaired) electrons. The molecule has 1 heteroatoms. The van der Waals surface area contributed by atoms with E-state index in [1.165, 1.54) is 156 Å². The molecule has 0 heterocycles. The average molecular weight is 1110 g/mol. The number of hydrogen-bond acceptors (Lipinski definition) is 0. The standard InChI is InChI=1S/C33H21.C31H29.2C4H9.Hf/c1-3-11-28-22(7-1)9-5-13-30(28)24-15-17-32-26(19-24)21-27-20-25(16-18-33(27)32)31-14-6-10-23-8-2-4-12-29(23)31;1-18-11-20(3)30(21(4)12-18)24-7-9-28-26(15-24)17-27-16-25(8-10-29(27)28)31-22(5)13-19(2)14-23(31)6;2*1-3-4-2;/h1-21H;7-17H,1-6H3;2*1,3-4H2,2H3;. The SMILES string of the molecule is CCC[CH2][Hf]([CH2]CCC)([CH]1c2cc(-c3c(C)cc(C)cc3C)ccc2-c2ccc(-c3c(C)cc(C)cc3C)cc21)[CH]1c2cc(-c3cccc4ccccc34)ccc2-c2ccc(-c3cccc4ccccc34)cc21. The van der Waals surface area contributed by atoms with Gasteiger partial charge in [-0.2, -0.15) is 0 Å². The first kappa shape index (κ1) is 47.6. The number of rotatable bonds is 12. The summed E-state index contributed by atoms with van der Waals surface area (Å²) in [6.45, 7) is 18.7. The monoisotopic (exact) mass is 1110 g/mol. The summed E-state index contributed by atoms with van der Waals surface area (Å²) in [6.07, 6.45) is 4.90. The molecule has 0 bridgehead atoms. The van der Waals surface area contributed by atoms with Gasteiger partial charge < -0.3 is 0 Å². The molecule has 10 aromatic rings. The molecule has 0 aromatic heterocycles. The molecule has 360 valence electrons. The van der Waals surface area contributed by atoms with Gasteiger partial charge in [0.25, 0.3) is 0 Å². The number of hydrogen-bond donors (Lipinski definition) is 0. The third kappa shape index (κ3) is 8.04. The van der Waals surface area contributed by atoms with Crippen molar-refractivity contribution in [2.24, 2.45) is 0 Å². The minimum absolute atomic E-state index is 0.349. The van der Waals surface area contributed by atoms with E-state index in [1.807, 2.05) is 0 Å². The topological polar surface area (TPSA) is 0 Å². The first-order valence-electron chi connectivity index (χ1n) is 27.3. The Hall–Kier alpha value is -6.41. The van der Waals surface area contributed by atoms with Gasteiger partial charge in [-0.25, -0.2) is 0 Å². The Morgan fingerprint density at radius 1 is 0.329 bits per heavy atom. The zero-order chi connectivity index (χ0) is 50.1. The molecule has 2 aliphatic carbocycles. The van der Waals surface area contributed by atoms with Gasteiger partial charge in [0.15, 0.2) is 0 Å². The minimum atomic E-state index is -4.13. The molecule has 10 aromatic carbocycles. The van der Waals surface area contributed by atoms with Crippen molar-refractivity contribution in [1.82, 2.24) is 0 Å². The van der Waals surface area contributed by atoms with Crippen LogP contribution in [-0.2, 0) is 20.0 Å². The van der Waals surface area contributed by atoms with Crippen molar-refractivity contribution in [3.8, 4) is 66.8 Å². The van der Waals surface area contributed by atoms with Crippen molar-refractivity contribution in [3.63, 3.8) is 0 Å². The van der Waals surface area contributed by atoms with Crippen molar-refractivity contribution in [2.45, 2.75) is 96.8 Å². The zero-order valence-corrected chi connectivity index (χ0v) is 47.8. The van der Waals surface area contributed by atoms with Gasteiger partial charge in [-0.05, 0) is 0 Å². The Morgan fingerprint density at radius 3 is 1.03 bits per heavy atom. The molecule has 0 aliphatic heterocycles. The van der Waals surface area contributed by atoms with Gasteiger partial charge in [0.05, 0.1) is 0 Å². The van der Waals surface area contributed by atoms with Crippen LogP contribution in [0.3, 0.4) is 0 Å². The normalized spacial score (nSPS) is 13.2. The average Bonchev–Trinajstić information content (AvgIpc) is 3.90. The van der Waals surface area contributed by atoms with Crippen LogP contribution in [0.5, 0.6) is 0 Å². The van der Waals surface area contributed by atoms with Gasteiger partial charge in [0, 0.05) is 0 Å². The molecule has 0 saturated carbocycles. The van der Waals surface area contributed by atoms with E-state index >= 15 is 0 Å². The molecule has 0 N–H and O–H groups in total. The fourth-order valence-corrected chi connectivity index (χ4v) is 40.4. The number of unbranched alkanes of at least 4 members (excludes halogenated alkanes) is 2. The second-order valence-corrected chi connectivity index (χ2v) is 38.7. The molecule has 0 unspecified atom stereocenters. The van der Waals surface area contributed by atoms with Gasteiger partial charge >= 0.3 is 443 Å². The number of aryl methyl sites for hydroxylation is 6. The fraction of sp³-hybridized carbons (Fsp3) is 0.222. The maximum atomic E-state index is 2.72. The zero-order valence-electron chi connectivity index (χ0n) is 44.2. The third-order valence-electron chi connectivity index (χ3n) is 17.3. The van der Waals surface area contributed by atoms with Gasteiger partial charge in [-0.1, -0.05) is 0 Å². The Balaban J connectivity index is 1.18. The first-order valence-corrected chi connectivity index (χ1v) is 36.5. The molecule has 12 rings (SSSR count). The number of benzene rings is 10. The van der Waals surface area contributed by atoms with E-state index in [4.69, 9.17) is 0 Å². The van der Waals surface area contributed by atoms with Crippen LogP contribution >= 0.6 is 0 Å². The van der Waals surface area contributed by atoms with Crippen LogP contribution in [0.2, 0.25) is 8.35 Å². The predicted molar refractivity (Wildman–Crippen MR) is 312 cm³/mol. The van der Waals surface area contributed by atoms with E-state index < -0.39 is 20.0 Å². The van der Waals surface area contributed by atoms with Crippen molar-refractivity contribution in [2.75, 3.05) is 0 Å². The van der Waals surface area contributed by atoms with Crippen molar-refractivity contribution in [1.29, 1.82) is 0 Å². The maximum absolute atomic E-state index is 4.13. The van der Waals surface area contributed by atoms with Gasteiger partial charge in [-0.3, -0.25) is 0 Å². The summed E-state index contributed by atoms with van der Waals surface area (Å²) in [5.74, 6) is 0. The molecule has 0 atom stereocenters. The fourth-order valence-electron chi connectivity index (χ4n) is 14.5. The second-order valence-electron chi connectivity index (χ2n) is 22.1. The molecule has 73 heavy (non-hydrogen) atoms. The second kappa shape index (κ2) is 19.1. The number of fused-ring (bicyclic) bond motifs is 8. The van der Waals surface area contributed by atoms with E-state index in [0.29, 0.717) is 7.35 Å². The van der Waals surface area contributed by atoms with E-state index in [9.17, 15) is 0 Å². The van der Waals surface area contributed by atoms with E-state index in [-0.39, 0.29) is 0 Å². The van der Waals surface area contributed by atoms with Crippen LogP contribution in [0.4, 0.5) is 0 Å². The summed E-state index contributed by atoms with van der Waals surface area (Å²) in [7, 11) is 0. The Kier molecular flexibility index (Phi) is 12.5. The van der Waals surface area contributed by atoms with Crippen LogP contribution in [0, 0.1) is 41.5 Å². The molecule has 0 amide bonds.